The largest absolute Gasteiger partial charge is 0.402 e. The Bertz CT molecular complexity index is 396. The van der Waals surface area contributed by atoms with Crippen LogP contribution in [0.4, 0.5) is 0 Å². The second-order valence-corrected chi connectivity index (χ2v) is 4.08. The van der Waals surface area contributed by atoms with E-state index in [9.17, 15) is 0 Å². The van der Waals surface area contributed by atoms with Crippen LogP contribution < -0.4 is 22.3 Å². The monoisotopic (exact) mass is 246 g/mol. The molecule has 0 radical (unpaired) electrons. The van der Waals surface area contributed by atoms with Gasteiger partial charge in [0.25, 0.3) is 0 Å². The smallest absolute Gasteiger partial charge is 0.0659 e. The third-order valence-corrected chi connectivity index (χ3v) is 2.45. The fraction of sp³-hybridized carbons (Fsp3) is 0.286. The molecule has 0 atom stereocenters. The molecule has 0 saturated heterocycles. The molecule has 1 aromatic rings. The predicted molar refractivity (Wildman–Crippen MR) is 75.9 cm³/mol. The van der Waals surface area contributed by atoms with Gasteiger partial charge in [-0.05, 0) is 18.1 Å². The summed E-state index contributed by atoms with van der Waals surface area (Å²) in [7, 11) is 0. The van der Waals surface area contributed by atoms with Crippen LogP contribution in [0.5, 0.6) is 0 Å². The van der Waals surface area contributed by atoms with Crippen LogP contribution in [-0.4, -0.2) is 0 Å². The lowest BCUT2D eigenvalue weighted by molar-refractivity contribution is 0.820. The first-order valence-corrected chi connectivity index (χ1v) is 6.16. The van der Waals surface area contributed by atoms with Crippen molar-refractivity contribution in [2.75, 3.05) is 0 Å². The van der Waals surface area contributed by atoms with Crippen LogP contribution >= 0.6 is 0 Å². The van der Waals surface area contributed by atoms with Crippen molar-refractivity contribution in [2.45, 2.75) is 26.3 Å². The van der Waals surface area contributed by atoms with Crippen molar-refractivity contribution in [1.82, 2.24) is 10.7 Å². The molecule has 0 fully saturated rings. The van der Waals surface area contributed by atoms with Gasteiger partial charge in [0.05, 0.1) is 5.70 Å². The minimum Gasteiger partial charge on any atom is -0.402 e. The van der Waals surface area contributed by atoms with Crippen molar-refractivity contribution in [3.8, 4) is 0 Å². The van der Waals surface area contributed by atoms with Gasteiger partial charge in [0.1, 0.15) is 0 Å². The molecule has 0 aliphatic heterocycles. The molecule has 0 aromatic heterocycles. The molecule has 0 aliphatic rings. The van der Waals surface area contributed by atoms with E-state index in [4.69, 9.17) is 11.6 Å². The zero-order chi connectivity index (χ0) is 13.2. The van der Waals surface area contributed by atoms with Crippen LogP contribution in [0.15, 0.2) is 54.0 Å². The lowest BCUT2D eigenvalue weighted by atomic mass is 10.2. The SMILES string of the molecule is CCC/C(N)=C\C(=C\NCc1ccccc1)NN. The Morgan fingerprint density at radius 1 is 1.28 bits per heavy atom. The molecule has 0 heterocycles. The Morgan fingerprint density at radius 3 is 2.61 bits per heavy atom. The maximum absolute atomic E-state index is 5.84. The first-order chi connectivity index (χ1) is 8.76. The molecular formula is C14H22N4. The zero-order valence-corrected chi connectivity index (χ0v) is 10.8. The summed E-state index contributed by atoms with van der Waals surface area (Å²) in [5, 5.41) is 3.20. The Morgan fingerprint density at radius 2 is 2.00 bits per heavy atom. The van der Waals surface area contributed by atoms with Gasteiger partial charge in [-0.1, -0.05) is 43.7 Å². The second kappa shape index (κ2) is 8.20. The van der Waals surface area contributed by atoms with Gasteiger partial charge in [0, 0.05) is 18.4 Å². The number of rotatable bonds is 7. The summed E-state index contributed by atoms with van der Waals surface area (Å²) in [5.74, 6) is 5.44. The molecule has 1 aromatic carbocycles. The van der Waals surface area contributed by atoms with E-state index < -0.39 is 0 Å². The summed E-state index contributed by atoms with van der Waals surface area (Å²) in [6.45, 7) is 2.85. The average Bonchev–Trinajstić information content (AvgIpc) is 2.39. The fourth-order valence-electron chi connectivity index (χ4n) is 1.56. The van der Waals surface area contributed by atoms with Crippen molar-refractivity contribution in [3.05, 3.63) is 59.6 Å². The van der Waals surface area contributed by atoms with Gasteiger partial charge in [0.2, 0.25) is 0 Å². The van der Waals surface area contributed by atoms with Crippen molar-refractivity contribution in [3.63, 3.8) is 0 Å². The van der Waals surface area contributed by atoms with Gasteiger partial charge in [-0.3, -0.25) is 5.84 Å². The highest BCUT2D eigenvalue weighted by molar-refractivity contribution is 5.20. The normalized spacial score (nSPS) is 12.3. The van der Waals surface area contributed by atoms with Crippen LogP contribution in [0, 0.1) is 0 Å². The molecule has 0 unspecified atom stereocenters. The summed E-state index contributed by atoms with van der Waals surface area (Å²) >= 11 is 0. The molecule has 0 amide bonds. The summed E-state index contributed by atoms with van der Waals surface area (Å²) in [5.41, 5.74) is 11.3. The van der Waals surface area contributed by atoms with Gasteiger partial charge in [-0.25, -0.2) is 0 Å². The van der Waals surface area contributed by atoms with Crippen LogP contribution in [-0.2, 0) is 6.54 Å². The molecule has 1 rings (SSSR count). The molecule has 98 valence electrons. The average molecular weight is 246 g/mol. The van der Waals surface area contributed by atoms with Crippen LogP contribution in [0.3, 0.4) is 0 Å². The highest BCUT2D eigenvalue weighted by Gasteiger charge is 1.93. The number of hydrogen-bond acceptors (Lipinski definition) is 4. The second-order valence-electron chi connectivity index (χ2n) is 4.08. The molecule has 4 heteroatoms. The number of nitrogens with one attached hydrogen (secondary N) is 2. The van der Waals surface area contributed by atoms with Crippen molar-refractivity contribution < 1.29 is 0 Å². The first-order valence-electron chi connectivity index (χ1n) is 6.16. The Labute approximate surface area is 109 Å². The molecule has 4 nitrogen and oxygen atoms in total. The fourth-order valence-corrected chi connectivity index (χ4v) is 1.56. The summed E-state index contributed by atoms with van der Waals surface area (Å²) < 4.78 is 0. The Balaban J connectivity index is 2.50. The number of hydrazine groups is 1. The van der Waals surface area contributed by atoms with E-state index in [-0.39, 0.29) is 0 Å². The molecular weight excluding hydrogens is 224 g/mol. The minimum atomic E-state index is 0.757. The number of nitrogens with two attached hydrogens (primary N) is 2. The number of allylic oxidation sites excluding steroid dienone is 2. The van der Waals surface area contributed by atoms with Gasteiger partial charge < -0.3 is 16.5 Å². The van der Waals surface area contributed by atoms with Crippen molar-refractivity contribution in [1.29, 1.82) is 0 Å². The number of hydrogen-bond donors (Lipinski definition) is 4. The number of benzene rings is 1. The summed E-state index contributed by atoms with van der Waals surface area (Å²) in [6.07, 6.45) is 5.58. The minimum absolute atomic E-state index is 0.757. The molecule has 0 spiro atoms. The quantitative estimate of drug-likeness (QED) is 0.336. The summed E-state index contributed by atoms with van der Waals surface area (Å²) in [4.78, 5) is 0. The highest BCUT2D eigenvalue weighted by atomic mass is 15.2. The van der Waals surface area contributed by atoms with Gasteiger partial charge >= 0.3 is 0 Å². The third-order valence-electron chi connectivity index (χ3n) is 2.45. The van der Waals surface area contributed by atoms with Crippen molar-refractivity contribution in [2.24, 2.45) is 11.6 Å². The van der Waals surface area contributed by atoms with Gasteiger partial charge in [0.15, 0.2) is 0 Å². The van der Waals surface area contributed by atoms with Crippen molar-refractivity contribution >= 4 is 0 Å². The predicted octanol–water partition coefficient (Wildman–Crippen LogP) is 1.72. The first kappa shape index (κ1) is 14.1. The van der Waals surface area contributed by atoms with Crippen LogP contribution in [0.25, 0.3) is 0 Å². The topological polar surface area (TPSA) is 76.1 Å². The maximum Gasteiger partial charge on any atom is 0.0659 e. The molecule has 18 heavy (non-hydrogen) atoms. The Kier molecular flexibility index (Phi) is 6.43. The summed E-state index contributed by atoms with van der Waals surface area (Å²) in [6, 6.07) is 10.2. The lowest BCUT2D eigenvalue weighted by Gasteiger charge is -2.06. The van der Waals surface area contributed by atoms with E-state index in [1.54, 1.807) is 0 Å². The van der Waals surface area contributed by atoms with E-state index in [1.165, 1.54) is 5.56 Å². The maximum atomic E-state index is 5.84. The van der Waals surface area contributed by atoms with E-state index >= 15 is 0 Å². The van der Waals surface area contributed by atoms with Crippen LogP contribution in [0.2, 0.25) is 0 Å². The highest BCUT2D eigenvalue weighted by Crippen LogP contribution is 2.01. The van der Waals surface area contributed by atoms with E-state index in [2.05, 4.69) is 29.8 Å². The van der Waals surface area contributed by atoms with E-state index in [1.807, 2.05) is 30.5 Å². The molecule has 0 aliphatic carbocycles. The van der Waals surface area contributed by atoms with Gasteiger partial charge in [-0.2, -0.15) is 0 Å². The third kappa shape index (κ3) is 5.41. The molecule has 6 N–H and O–H groups in total. The molecule has 0 saturated carbocycles. The standard InChI is InChI=1S/C14H22N4/c1-2-6-13(15)9-14(18-16)11-17-10-12-7-4-3-5-8-12/h3-5,7-9,11,17-18H,2,6,10,15-16H2,1H3/b13-9+,14-11-. The van der Waals surface area contributed by atoms with Crippen LogP contribution in [0.1, 0.15) is 25.3 Å². The Hall–Kier alpha value is -1.94. The van der Waals surface area contributed by atoms with Gasteiger partial charge in [-0.15, -0.1) is 0 Å². The van der Waals surface area contributed by atoms with E-state index in [0.717, 1.165) is 30.8 Å². The van der Waals surface area contributed by atoms with E-state index in [0.29, 0.717) is 0 Å². The zero-order valence-electron chi connectivity index (χ0n) is 10.8. The molecule has 0 bridgehead atoms. The lowest BCUT2D eigenvalue weighted by Crippen LogP contribution is -2.23.